The first-order valence-corrected chi connectivity index (χ1v) is 6.63. The lowest BCUT2D eigenvalue weighted by Gasteiger charge is -2.09. The minimum Gasteiger partial charge on any atom is -0.376 e. The highest BCUT2D eigenvalue weighted by Gasteiger charge is 2.19. The zero-order valence-electron chi connectivity index (χ0n) is 11.2. The Bertz CT molecular complexity index is 697. The van der Waals surface area contributed by atoms with Gasteiger partial charge in [0.1, 0.15) is 5.56 Å². The molecule has 106 valence electrons. The summed E-state index contributed by atoms with van der Waals surface area (Å²) in [4.78, 5) is 28.1. The van der Waals surface area contributed by atoms with Crippen LogP contribution in [-0.4, -0.2) is 39.8 Å². The molecule has 1 saturated heterocycles. The molecule has 1 amide bonds. The summed E-state index contributed by atoms with van der Waals surface area (Å²) >= 11 is 0. The van der Waals surface area contributed by atoms with Crippen LogP contribution in [0.3, 0.4) is 0 Å². The number of rotatable bonds is 3. The van der Waals surface area contributed by atoms with E-state index in [4.69, 9.17) is 4.74 Å². The molecular formula is C13H16N4O3. The molecule has 7 heteroatoms. The highest BCUT2D eigenvalue weighted by atomic mass is 16.5. The van der Waals surface area contributed by atoms with Gasteiger partial charge in [-0.1, -0.05) is 0 Å². The van der Waals surface area contributed by atoms with Gasteiger partial charge < -0.3 is 10.1 Å². The Hall–Kier alpha value is -2.15. The highest BCUT2D eigenvalue weighted by Crippen LogP contribution is 2.11. The number of aromatic amines is 1. The van der Waals surface area contributed by atoms with E-state index in [0.29, 0.717) is 23.4 Å². The maximum atomic E-state index is 12.2. The second kappa shape index (κ2) is 5.09. The van der Waals surface area contributed by atoms with Crippen molar-refractivity contribution in [2.75, 3.05) is 13.2 Å². The number of hydrogen-bond acceptors (Lipinski definition) is 4. The molecule has 2 aromatic rings. The molecule has 2 N–H and O–H groups in total. The Kier molecular flexibility index (Phi) is 3.27. The summed E-state index contributed by atoms with van der Waals surface area (Å²) in [5.41, 5.74) is 1.07. The van der Waals surface area contributed by atoms with E-state index in [2.05, 4.69) is 15.4 Å². The summed E-state index contributed by atoms with van der Waals surface area (Å²) in [7, 11) is 0. The van der Waals surface area contributed by atoms with Crippen molar-refractivity contribution in [2.45, 2.75) is 25.9 Å². The van der Waals surface area contributed by atoms with Crippen LogP contribution in [0.25, 0.3) is 5.65 Å². The fourth-order valence-corrected chi connectivity index (χ4v) is 2.37. The van der Waals surface area contributed by atoms with Crippen molar-refractivity contribution < 1.29 is 9.53 Å². The average Bonchev–Trinajstić information content (AvgIpc) is 3.04. The average molecular weight is 276 g/mol. The van der Waals surface area contributed by atoms with Crippen LogP contribution in [0.1, 0.15) is 28.9 Å². The second-order valence-electron chi connectivity index (χ2n) is 4.93. The Balaban J connectivity index is 1.82. The van der Waals surface area contributed by atoms with Crippen LogP contribution in [0, 0.1) is 6.92 Å². The maximum absolute atomic E-state index is 12.2. The minimum atomic E-state index is -0.253. The molecule has 0 saturated carbocycles. The SMILES string of the molecule is Cc1cc(=O)n2[nH]cc(C(=O)NCC3CCCO3)c2n1. The molecule has 1 fully saturated rings. The van der Waals surface area contributed by atoms with Crippen LogP contribution in [0.4, 0.5) is 0 Å². The lowest BCUT2D eigenvalue weighted by molar-refractivity contribution is 0.0859. The normalized spacial score (nSPS) is 18.6. The van der Waals surface area contributed by atoms with Crippen molar-refractivity contribution in [3.8, 4) is 0 Å². The molecule has 7 nitrogen and oxygen atoms in total. The summed E-state index contributed by atoms with van der Waals surface area (Å²) < 4.78 is 6.71. The molecular weight excluding hydrogens is 260 g/mol. The van der Waals surface area contributed by atoms with E-state index in [1.807, 2.05) is 0 Å². The van der Waals surface area contributed by atoms with Gasteiger partial charge in [0.15, 0.2) is 5.65 Å². The highest BCUT2D eigenvalue weighted by molar-refractivity contribution is 5.99. The number of nitrogens with one attached hydrogen (secondary N) is 2. The van der Waals surface area contributed by atoms with Gasteiger partial charge in [0.2, 0.25) is 0 Å². The van der Waals surface area contributed by atoms with E-state index in [9.17, 15) is 9.59 Å². The molecule has 0 spiro atoms. The van der Waals surface area contributed by atoms with Gasteiger partial charge in [-0.3, -0.25) is 14.7 Å². The van der Waals surface area contributed by atoms with Crippen molar-refractivity contribution in [3.63, 3.8) is 0 Å². The van der Waals surface area contributed by atoms with Crippen LogP contribution >= 0.6 is 0 Å². The van der Waals surface area contributed by atoms with Crippen molar-refractivity contribution in [1.29, 1.82) is 0 Å². The van der Waals surface area contributed by atoms with Gasteiger partial charge in [-0.15, -0.1) is 0 Å². The minimum absolute atomic E-state index is 0.0848. The molecule has 1 aliphatic rings. The number of amides is 1. The zero-order valence-corrected chi connectivity index (χ0v) is 11.2. The zero-order chi connectivity index (χ0) is 14.1. The predicted octanol–water partition coefficient (Wildman–Crippen LogP) is 0.240. The van der Waals surface area contributed by atoms with Crippen LogP contribution in [-0.2, 0) is 4.74 Å². The van der Waals surface area contributed by atoms with E-state index in [1.54, 1.807) is 6.92 Å². The molecule has 2 aromatic heterocycles. The summed E-state index contributed by atoms with van der Waals surface area (Å²) in [6.07, 6.45) is 3.57. The van der Waals surface area contributed by atoms with Gasteiger partial charge in [0.05, 0.1) is 6.10 Å². The predicted molar refractivity (Wildman–Crippen MR) is 71.9 cm³/mol. The number of aromatic nitrogens is 3. The molecule has 0 bridgehead atoms. The van der Waals surface area contributed by atoms with Gasteiger partial charge in [0, 0.05) is 31.1 Å². The second-order valence-corrected chi connectivity index (χ2v) is 4.93. The third-order valence-electron chi connectivity index (χ3n) is 3.38. The monoisotopic (exact) mass is 276 g/mol. The van der Waals surface area contributed by atoms with Crippen LogP contribution in [0.2, 0.25) is 0 Å². The largest absolute Gasteiger partial charge is 0.376 e. The lowest BCUT2D eigenvalue weighted by Crippen LogP contribution is -2.31. The number of carbonyl (C=O) groups is 1. The van der Waals surface area contributed by atoms with E-state index in [1.165, 1.54) is 16.8 Å². The number of H-pyrrole nitrogens is 1. The van der Waals surface area contributed by atoms with E-state index in [0.717, 1.165) is 19.4 Å². The number of ether oxygens (including phenoxy) is 1. The number of nitrogens with zero attached hydrogens (tertiary/aromatic N) is 2. The van der Waals surface area contributed by atoms with Crippen LogP contribution in [0.5, 0.6) is 0 Å². The molecule has 0 aromatic carbocycles. The number of fused-ring (bicyclic) bond motifs is 1. The molecule has 3 rings (SSSR count). The summed E-state index contributed by atoms with van der Waals surface area (Å²) in [5.74, 6) is -0.253. The van der Waals surface area contributed by atoms with E-state index < -0.39 is 0 Å². The van der Waals surface area contributed by atoms with Gasteiger partial charge >= 0.3 is 0 Å². The standard InChI is InChI=1S/C13H16N4O3/c1-8-5-11(18)17-12(16-8)10(7-15-17)13(19)14-6-9-3-2-4-20-9/h5,7,9,15H,2-4,6H2,1H3,(H,14,19). The maximum Gasteiger partial charge on any atom is 0.272 e. The molecule has 0 radical (unpaired) electrons. The molecule has 0 aliphatic carbocycles. The van der Waals surface area contributed by atoms with Gasteiger partial charge in [0.25, 0.3) is 11.5 Å². The summed E-state index contributed by atoms with van der Waals surface area (Å²) in [6.45, 7) is 2.96. The van der Waals surface area contributed by atoms with Crippen molar-refractivity contribution in [2.24, 2.45) is 0 Å². The first kappa shape index (κ1) is 12.9. The summed E-state index contributed by atoms with van der Waals surface area (Å²) in [5, 5.41) is 5.56. The van der Waals surface area contributed by atoms with Gasteiger partial charge in [-0.25, -0.2) is 9.50 Å². The number of carbonyl (C=O) groups excluding carboxylic acids is 1. The van der Waals surface area contributed by atoms with E-state index >= 15 is 0 Å². The smallest absolute Gasteiger partial charge is 0.272 e. The Morgan fingerprint density at radius 3 is 3.25 bits per heavy atom. The van der Waals surface area contributed by atoms with Crippen molar-refractivity contribution in [3.05, 3.63) is 33.9 Å². The number of hydrogen-bond donors (Lipinski definition) is 2. The van der Waals surface area contributed by atoms with Crippen molar-refractivity contribution in [1.82, 2.24) is 19.9 Å². The third kappa shape index (κ3) is 2.32. The molecule has 1 atom stereocenters. The quantitative estimate of drug-likeness (QED) is 0.840. The van der Waals surface area contributed by atoms with Crippen molar-refractivity contribution >= 4 is 11.6 Å². The fourth-order valence-electron chi connectivity index (χ4n) is 2.37. The fraction of sp³-hybridized carbons (Fsp3) is 0.462. The first-order chi connectivity index (χ1) is 9.65. The summed E-state index contributed by atoms with van der Waals surface area (Å²) in [6, 6.07) is 1.41. The van der Waals surface area contributed by atoms with Gasteiger partial charge in [-0.05, 0) is 19.8 Å². The topological polar surface area (TPSA) is 88.5 Å². The Morgan fingerprint density at radius 1 is 1.65 bits per heavy atom. The molecule has 1 unspecified atom stereocenters. The molecule has 20 heavy (non-hydrogen) atoms. The Labute approximate surface area is 114 Å². The number of aryl methyl sites for hydroxylation is 1. The first-order valence-electron chi connectivity index (χ1n) is 6.63. The van der Waals surface area contributed by atoms with Crippen LogP contribution in [0.15, 0.2) is 17.1 Å². The third-order valence-corrected chi connectivity index (χ3v) is 3.38. The van der Waals surface area contributed by atoms with E-state index in [-0.39, 0.29) is 17.6 Å². The molecule has 1 aliphatic heterocycles. The Morgan fingerprint density at radius 2 is 2.50 bits per heavy atom. The van der Waals surface area contributed by atoms with Crippen LogP contribution < -0.4 is 10.9 Å². The lowest BCUT2D eigenvalue weighted by atomic mass is 10.2. The molecule has 3 heterocycles. The van der Waals surface area contributed by atoms with Gasteiger partial charge in [-0.2, -0.15) is 0 Å².